The number of fused-ring (bicyclic) bond motifs is 2. The second kappa shape index (κ2) is 6.75. The molecule has 1 heterocycles. The molecule has 0 spiro atoms. The summed E-state index contributed by atoms with van der Waals surface area (Å²) in [6.07, 6.45) is 2.03. The van der Waals surface area contributed by atoms with E-state index in [2.05, 4.69) is 72.5 Å². The Balaban J connectivity index is 2.06. The number of aryl methyl sites for hydroxylation is 3. The van der Waals surface area contributed by atoms with Gasteiger partial charge in [0.05, 0.1) is 14.2 Å². The SMILES string of the molecule is COc1cc(C)cc(OC)c1N1c2ccccc2CCc2ccccc21. The molecule has 3 aromatic rings. The fraction of sp³-hybridized carbons (Fsp3) is 0.217. The number of hydrogen-bond donors (Lipinski definition) is 0. The quantitative estimate of drug-likeness (QED) is 0.618. The van der Waals surface area contributed by atoms with Gasteiger partial charge in [-0.2, -0.15) is 0 Å². The zero-order chi connectivity index (χ0) is 18.1. The third-order valence-electron chi connectivity index (χ3n) is 4.98. The Labute approximate surface area is 154 Å². The van der Waals surface area contributed by atoms with Crippen molar-refractivity contribution in [2.75, 3.05) is 19.1 Å². The number of methoxy groups -OCH3 is 2. The molecule has 0 N–H and O–H groups in total. The molecular weight excluding hydrogens is 322 g/mol. The van der Waals surface area contributed by atoms with Gasteiger partial charge in [-0.25, -0.2) is 0 Å². The van der Waals surface area contributed by atoms with Crippen molar-refractivity contribution >= 4 is 17.1 Å². The van der Waals surface area contributed by atoms with Crippen molar-refractivity contribution in [2.24, 2.45) is 0 Å². The van der Waals surface area contributed by atoms with Gasteiger partial charge in [-0.05, 0) is 60.7 Å². The first kappa shape index (κ1) is 16.5. The smallest absolute Gasteiger partial charge is 0.146 e. The first-order valence-electron chi connectivity index (χ1n) is 8.91. The third-order valence-corrected chi connectivity index (χ3v) is 4.98. The van der Waals surface area contributed by atoms with Crippen LogP contribution in [0.15, 0.2) is 60.7 Å². The molecule has 0 aliphatic carbocycles. The second-order valence-electron chi connectivity index (χ2n) is 6.61. The molecule has 3 nitrogen and oxygen atoms in total. The Hall–Kier alpha value is -2.94. The highest BCUT2D eigenvalue weighted by Crippen LogP contribution is 2.49. The standard InChI is InChI=1S/C23H23NO2/c1-16-14-21(25-2)23(22(15-16)26-3)24-19-10-6-4-8-17(19)12-13-18-9-5-7-11-20(18)24/h4-11,14-15H,12-13H2,1-3H3. The lowest BCUT2D eigenvalue weighted by molar-refractivity contribution is 0.396. The van der Waals surface area contributed by atoms with E-state index in [1.165, 1.54) is 22.5 Å². The van der Waals surface area contributed by atoms with Gasteiger partial charge < -0.3 is 14.4 Å². The van der Waals surface area contributed by atoms with Crippen LogP contribution >= 0.6 is 0 Å². The Bertz CT molecular complexity index is 876. The van der Waals surface area contributed by atoms with Crippen molar-refractivity contribution in [1.82, 2.24) is 0 Å². The summed E-state index contributed by atoms with van der Waals surface area (Å²) in [5, 5.41) is 0. The maximum atomic E-state index is 5.77. The molecule has 3 aromatic carbocycles. The summed E-state index contributed by atoms with van der Waals surface area (Å²) in [6, 6.07) is 21.3. The second-order valence-corrected chi connectivity index (χ2v) is 6.61. The Morgan fingerprint density at radius 3 is 1.65 bits per heavy atom. The van der Waals surface area contributed by atoms with Gasteiger partial charge in [0.15, 0.2) is 0 Å². The number of rotatable bonds is 3. The van der Waals surface area contributed by atoms with Gasteiger partial charge in [-0.1, -0.05) is 36.4 Å². The molecule has 0 unspecified atom stereocenters. The van der Waals surface area contributed by atoms with Gasteiger partial charge in [0, 0.05) is 11.4 Å². The maximum absolute atomic E-state index is 5.77. The summed E-state index contributed by atoms with van der Waals surface area (Å²) in [5.74, 6) is 1.63. The van der Waals surface area contributed by atoms with E-state index in [1.807, 2.05) is 0 Å². The molecule has 0 aromatic heterocycles. The number of para-hydroxylation sites is 2. The average molecular weight is 345 g/mol. The lowest BCUT2D eigenvalue weighted by atomic mass is 10.0. The van der Waals surface area contributed by atoms with Crippen molar-refractivity contribution in [1.29, 1.82) is 0 Å². The molecule has 3 heteroatoms. The lowest BCUT2D eigenvalue weighted by Gasteiger charge is -2.30. The monoisotopic (exact) mass is 345 g/mol. The molecule has 0 saturated heterocycles. The van der Waals surface area contributed by atoms with Crippen LogP contribution in [0.25, 0.3) is 0 Å². The van der Waals surface area contributed by atoms with Gasteiger partial charge in [0.1, 0.15) is 17.2 Å². The minimum atomic E-state index is 0.813. The molecule has 26 heavy (non-hydrogen) atoms. The first-order valence-corrected chi connectivity index (χ1v) is 8.91. The normalized spacial score (nSPS) is 12.8. The predicted octanol–water partition coefficient (Wildman–Crippen LogP) is 5.58. The summed E-state index contributed by atoms with van der Waals surface area (Å²) in [5.41, 5.74) is 7.07. The van der Waals surface area contributed by atoms with Crippen LogP contribution in [-0.4, -0.2) is 14.2 Å². The Kier molecular flexibility index (Phi) is 4.29. The molecule has 0 amide bonds. The van der Waals surface area contributed by atoms with Crippen molar-refractivity contribution < 1.29 is 9.47 Å². The van der Waals surface area contributed by atoms with E-state index in [-0.39, 0.29) is 0 Å². The van der Waals surface area contributed by atoms with E-state index < -0.39 is 0 Å². The van der Waals surface area contributed by atoms with Crippen LogP contribution in [0.2, 0.25) is 0 Å². The fourth-order valence-electron chi connectivity index (χ4n) is 3.77. The summed E-state index contributed by atoms with van der Waals surface area (Å²) in [4.78, 5) is 2.29. The molecule has 1 aliphatic heterocycles. The van der Waals surface area contributed by atoms with E-state index in [4.69, 9.17) is 9.47 Å². The van der Waals surface area contributed by atoms with Crippen LogP contribution in [0.3, 0.4) is 0 Å². The summed E-state index contributed by atoms with van der Waals surface area (Å²) in [7, 11) is 3.43. The van der Waals surface area contributed by atoms with Gasteiger partial charge in [0.25, 0.3) is 0 Å². The molecular formula is C23H23NO2. The molecule has 0 atom stereocenters. The van der Waals surface area contributed by atoms with Gasteiger partial charge >= 0.3 is 0 Å². The molecule has 0 fully saturated rings. The Morgan fingerprint density at radius 2 is 1.19 bits per heavy atom. The molecule has 0 bridgehead atoms. The van der Waals surface area contributed by atoms with E-state index in [0.717, 1.165) is 35.6 Å². The van der Waals surface area contributed by atoms with E-state index in [9.17, 15) is 0 Å². The van der Waals surface area contributed by atoms with E-state index in [0.29, 0.717) is 0 Å². The Morgan fingerprint density at radius 1 is 0.731 bits per heavy atom. The molecule has 132 valence electrons. The number of ether oxygens (including phenoxy) is 2. The van der Waals surface area contributed by atoms with Crippen LogP contribution in [0, 0.1) is 6.92 Å². The summed E-state index contributed by atoms with van der Waals surface area (Å²) >= 11 is 0. The van der Waals surface area contributed by atoms with Gasteiger partial charge in [-0.15, -0.1) is 0 Å². The van der Waals surface area contributed by atoms with Gasteiger partial charge in [0.2, 0.25) is 0 Å². The predicted molar refractivity (Wildman–Crippen MR) is 106 cm³/mol. The zero-order valence-corrected chi connectivity index (χ0v) is 15.5. The van der Waals surface area contributed by atoms with Crippen LogP contribution in [0.4, 0.5) is 17.1 Å². The first-order chi connectivity index (χ1) is 12.7. The van der Waals surface area contributed by atoms with Crippen molar-refractivity contribution in [3.8, 4) is 11.5 Å². The number of hydrogen-bond acceptors (Lipinski definition) is 3. The maximum Gasteiger partial charge on any atom is 0.146 e. The minimum absolute atomic E-state index is 0.813. The molecule has 4 rings (SSSR count). The largest absolute Gasteiger partial charge is 0.494 e. The van der Waals surface area contributed by atoms with Crippen molar-refractivity contribution in [3.05, 3.63) is 77.4 Å². The van der Waals surface area contributed by atoms with Crippen LogP contribution in [-0.2, 0) is 12.8 Å². The van der Waals surface area contributed by atoms with Crippen molar-refractivity contribution in [2.45, 2.75) is 19.8 Å². The molecule has 0 radical (unpaired) electrons. The van der Waals surface area contributed by atoms with E-state index >= 15 is 0 Å². The zero-order valence-electron chi connectivity index (χ0n) is 15.5. The van der Waals surface area contributed by atoms with Crippen LogP contribution < -0.4 is 14.4 Å². The van der Waals surface area contributed by atoms with Crippen LogP contribution in [0.5, 0.6) is 11.5 Å². The topological polar surface area (TPSA) is 21.7 Å². The fourth-order valence-corrected chi connectivity index (χ4v) is 3.77. The van der Waals surface area contributed by atoms with E-state index in [1.54, 1.807) is 14.2 Å². The minimum Gasteiger partial charge on any atom is -0.494 e. The number of benzene rings is 3. The average Bonchev–Trinajstić information content (AvgIpc) is 2.84. The lowest BCUT2D eigenvalue weighted by Crippen LogP contribution is -2.14. The highest BCUT2D eigenvalue weighted by molar-refractivity contribution is 5.87. The summed E-state index contributed by atoms with van der Waals surface area (Å²) in [6.45, 7) is 2.05. The third kappa shape index (κ3) is 2.70. The molecule has 0 saturated carbocycles. The molecule has 1 aliphatic rings. The summed E-state index contributed by atoms with van der Waals surface area (Å²) < 4.78 is 11.5. The van der Waals surface area contributed by atoms with Gasteiger partial charge in [-0.3, -0.25) is 0 Å². The number of anilines is 3. The van der Waals surface area contributed by atoms with Crippen molar-refractivity contribution in [3.63, 3.8) is 0 Å². The van der Waals surface area contributed by atoms with Crippen LogP contribution in [0.1, 0.15) is 16.7 Å². The highest BCUT2D eigenvalue weighted by Gasteiger charge is 2.27. The number of nitrogens with zero attached hydrogens (tertiary/aromatic N) is 1. The highest BCUT2D eigenvalue weighted by atomic mass is 16.5.